The number of hydrogen-bond acceptors (Lipinski definition) is 4. The predicted molar refractivity (Wildman–Crippen MR) is 104 cm³/mol. The zero-order valence-electron chi connectivity index (χ0n) is 16.3. The fourth-order valence-corrected chi connectivity index (χ4v) is 4.55. The Kier molecular flexibility index (Phi) is 7.04. The maximum absolute atomic E-state index is 13.1. The zero-order chi connectivity index (χ0) is 18.5. The lowest BCUT2D eigenvalue weighted by Gasteiger charge is -2.48. The molecule has 1 atom stereocenters. The van der Waals surface area contributed by atoms with Gasteiger partial charge in [-0.25, -0.2) is 4.39 Å². The molecular weight excluding hydrogens is 329 g/mol. The van der Waals surface area contributed by atoms with Gasteiger partial charge in [0, 0.05) is 50.9 Å². The van der Waals surface area contributed by atoms with Crippen LogP contribution in [-0.4, -0.2) is 77.3 Å². The number of aliphatic hydroxyl groups is 1. The molecule has 2 aliphatic heterocycles. The summed E-state index contributed by atoms with van der Waals surface area (Å²) in [5, 5.41) is 9.56. The molecule has 0 radical (unpaired) electrons. The van der Waals surface area contributed by atoms with Crippen molar-refractivity contribution in [1.29, 1.82) is 0 Å². The lowest BCUT2D eigenvalue weighted by molar-refractivity contribution is -0.0000344. The van der Waals surface area contributed by atoms with Crippen LogP contribution in [0.2, 0.25) is 0 Å². The fourth-order valence-electron chi connectivity index (χ4n) is 4.55. The number of piperazine rings is 1. The lowest BCUT2D eigenvalue weighted by atomic mass is 9.97. The van der Waals surface area contributed by atoms with Gasteiger partial charge in [0.05, 0.1) is 0 Å². The van der Waals surface area contributed by atoms with E-state index in [0.29, 0.717) is 18.1 Å². The number of aliphatic hydroxyl groups excluding tert-OH is 1. The van der Waals surface area contributed by atoms with Crippen LogP contribution >= 0.6 is 0 Å². The topological polar surface area (TPSA) is 30.0 Å². The molecule has 146 valence electrons. The highest BCUT2D eigenvalue weighted by Gasteiger charge is 2.33. The fraction of sp³-hybridized carbons (Fsp3) is 0.714. The molecule has 2 heterocycles. The van der Waals surface area contributed by atoms with E-state index in [1.54, 1.807) is 12.1 Å². The first-order valence-corrected chi connectivity index (χ1v) is 10.1. The maximum atomic E-state index is 13.1. The van der Waals surface area contributed by atoms with Crippen molar-refractivity contribution in [3.8, 4) is 0 Å². The molecule has 5 heteroatoms. The van der Waals surface area contributed by atoms with E-state index in [9.17, 15) is 9.50 Å². The summed E-state index contributed by atoms with van der Waals surface area (Å²) >= 11 is 0. The summed E-state index contributed by atoms with van der Waals surface area (Å²) < 4.78 is 13.1. The second-order valence-electron chi connectivity index (χ2n) is 8.13. The average molecular weight is 364 g/mol. The average Bonchev–Trinajstić information content (AvgIpc) is 2.64. The molecule has 26 heavy (non-hydrogen) atoms. The highest BCUT2D eigenvalue weighted by Crippen LogP contribution is 2.25. The summed E-state index contributed by atoms with van der Waals surface area (Å²) in [4.78, 5) is 7.69. The van der Waals surface area contributed by atoms with E-state index in [1.165, 1.54) is 25.9 Å². The van der Waals surface area contributed by atoms with E-state index in [1.807, 2.05) is 12.1 Å². The normalized spacial score (nSPS) is 24.4. The van der Waals surface area contributed by atoms with Crippen molar-refractivity contribution in [2.75, 3.05) is 39.3 Å². The molecule has 1 unspecified atom stereocenters. The molecule has 2 aliphatic rings. The SMILES string of the molecule is CC(C)N1CCC(N2CCN(Cc3ccc(F)cc3)CC2CCO)CC1. The van der Waals surface area contributed by atoms with Gasteiger partial charge in [0.2, 0.25) is 0 Å². The quantitative estimate of drug-likeness (QED) is 0.841. The number of rotatable bonds is 6. The van der Waals surface area contributed by atoms with Crippen molar-refractivity contribution in [1.82, 2.24) is 14.7 Å². The Labute approximate surface area is 157 Å². The molecule has 1 aromatic rings. The van der Waals surface area contributed by atoms with Crippen LogP contribution in [0.5, 0.6) is 0 Å². The third kappa shape index (κ3) is 5.03. The number of piperidine rings is 1. The van der Waals surface area contributed by atoms with Crippen LogP contribution in [0.3, 0.4) is 0 Å². The molecule has 0 saturated carbocycles. The van der Waals surface area contributed by atoms with Gasteiger partial charge in [0.15, 0.2) is 0 Å². The number of halogens is 1. The van der Waals surface area contributed by atoms with Gasteiger partial charge in [-0.05, 0) is 63.9 Å². The Morgan fingerprint density at radius 1 is 1.08 bits per heavy atom. The molecule has 2 fully saturated rings. The van der Waals surface area contributed by atoms with E-state index in [2.05, 4.69) is 28.5 Å². The Morgan fingerprint density at radius 3 is 2.38 bits per heavy atom. The van der Waals surface area contributed by atoms with Crippen LogP contribution in [0.4, 0.5) is 4.39 Å². The van der Waals surface area contributed by atoms with Gasteiger partial charge in [-0.15, -0.1) is 0 Å². The predicted octanol–water partition coefficient (Wildman–Crippen LogP) is 2.57. The summed E-state index contributed by atoms with van der Waals surface area (Å²) in [6.07, 6.45) is 3.31. The smallest absolute Gasteiger partial charge is 0.123 e. The molecule has 0 spiro atoms. The molecule has 0 aromatic heterocycles. The minimum atomic E-state index is -0.176. The molecule has 4 nitrogen and oxygen atoms in total. The largest absolute Gasteiger partial charge is 0.396 e. The van der Waals surface area contributed by atoms with E-state index >= 15 is 0 Å². The van der Waals surface area contributed by atoms with Gasteiger partial charge >= 0.3 is 0 Å². The molecule has 0 bridgehead atoms. The molecule has 1 N–H and O–H groups in total. The van der Waals surface area contributed by atoms with E-state index in [0.717, 1.165) is 38.2 Å². The summed E-state index contributed by atoms with van der Waals surface area (Å²) in [5.41, 5.74) is 1.16. The molecule has 2 saturated heterocycles. The Bertz CT molecular complexity index is 543. The van der Waals surface area contributed by atoms with Crippen molar-refractivity contribution < 1.29 is 9.50 Å². The first-order valence-electron chi connectivity index (χ1n) is 10.1. The van der Waals surface area contributed by atoms with Crippen LogP contribution < -0.4 is 0 Å². The Morgan fingerprint density at radius 2 is 1.77 bits per heavy atom. The van der Waals surface area contributed by atoms with Crippen LogP contribution in [-0.2, 0) is 6.54 Å². The van der Waals surface area contributed by atoms with Gasteiger partial charge in [-0.1, -0.05) is 12.1 Å². The maximum Gasteiger partial charge on any atom is 0.123 e. The van der Waals surface area contributed by atoms with Crippen LogP contribution in [0.15, 0.2) is 24.3 Å². The van der Waals surface area contributed by atoms with Gasteiger partial charge in [-0.2, -0.15) is 0 Å². The van der Waals surface area contributed by atoms with Crippen molar-refractivity contribution in [2.45, 2.75) is 57.8 Å². The molecule has 0 aliphatic carbocycles. The highest BCUT2D eigenvalue weighted by atomic mass is 19.1. The molecular formula is C21H34FN3O. The minimum Gasteiger partial charge on any atom is -0.396 e. The van der Waals surface area contributed by atoms with Crippen LogP contribution in [0, 0.1) is 5.82 Å². The van der Waals surface area contributed by atoms with E-state index < -0.39 is 0 Å². The van der Waals surface area contributed by atoms with Crippen LogP contribution in [0.25, 0.3) is 0 Å². The number of likely N-dealkylation sites (tertiary alicyclic amines) is 1. The van der Waals surface area contributed by atoms with E-state index in [-0.39, 0.29) is 12.4 Å². The lowest BCUT2D eigenvalue weighted by Crippen LogP contribution is -2.58. The minimum absolute atomic E-state index is 0.176. The number of benzene rings is 1. The summed E-state index contributed by atoms with van der Waals surface area (Å²) in [6, 6.07) is 8.55. The first kappa shape index (κ1) is 19.7. The highest BCUT2D eigenvalue weighted by molar-refractivity contribution is 5.16. The van der Waals surface area contributed by atoms with Crippen molar-refractivity contribution in [3.63, 3.8) is 0 Å². The second-order valence-corrected chi connectivity index (χ2v) is 8.13. The van der Waals surface area contributed by atoms with Gasteiger partial charge in [-0.3, -0.25) is 9.80 Å². The third-order valence-electron chi connectivity index (χ3n) is 6.09. The summed E-state index contributed by atoms with van der Waals surface area (Å²) in [5.74, 6) is -0.176. The molecule has 3 rings (SSSR count). The standard InChI is InChI=1S/C21H34FN3O/c1-17(2)24-10-7-20(8-11-24)25-13-12-23(16-21(25)9-14-26)15-18-3-5-19(22)6-4-18/h3-6,17,20-21,26H,7-16H2,1-2H3. The van der Waals surface area contributed by atoms with Crippen LogP contribution in [0.1, 0.15) is 38.7 Å². The van der Waals surface area contributed by atoms with Gasteiger partial charge < -0.3 is 10.0 Å². The zero-order valence-corrected chi connectivity index (χ0v) is 16.3. The van der Waals surface area contributed by atoms with E-state index in [4.69, 9.17) is 0 Å². The Hall–Kier alpha value is -1.01. The third-order valence-corrected chi connectivity index (χ3v) is 6.09. The molecule has 0 amide bonds. The Balaban J connectivity index is 1.57. The molecule has 1 aromatic carbocycles. The van der Waals surface area contributed by atoms with Gasteiger partial charge in [0.25, 0.3) is 0 Å². The monoisotopic (exact) mass is 363 g/mol. The van der Waals surface area contributed by atoms with Gasteiger partial charge in [0.1, 0.15) is 5.82 Å². The number of nitrogens with zero attached hydrogens (tertiary/aromatic N) is 3. The summed E-state index contributed by atoms with van der Waals surface area (Å²) in [6.45, 7) is 11.1. The van der Waals surface area contributed by atoms with Crippen molar-refractivity contribution in [3.05, 3.63) is 35.6 Å². The summed E-state index contributed by atoms with van der Waals surface area (Å²) in [7, 11) is 0. The second kappa shape index (κ2) is 9.27. The van der Waals surface area contributed by atoms with Crippen molar-refractivity contribution in [2.24, 2.45) is 0 Å². The number of hydrogen-bond donors (Lipinski definition) is 1. The first-order chi connectivity index (χ1) is 12.6. The van der Waals surface area contributed by atoms with Crippen molar-refractivity contribution >= 4 is 0 Å².